The van der Waals surface area contributed by atoms with Crippen LogP contribution in [0.4, 0.5) is 13.2 Å². The SMILES string of the molecule is CCOc1cc(C(F)(F)F)ccc1C1(C(=O)N2CCN(C(C=O)N3CCN(C(C)=O)CC3)CC2)NC(c2ccc(Cl)cc2)C(c2ccc(Cl)cc2)N1. The molecule has 278 valence electrons. The van der Waals surface area contributed by atoms with E-state index in [0.29, 0.717) is 49.3 Å². The zero-order valence-corrected chi connectivity index (χ0v) is 30.3. The monoisotopic (exact) mass is 760 g/mol. The summed E-state index contributed by atoms with van der Waals surface area (Å²) in [7, 11) is 0. The Hall–Kier alpha value is -3.72. The van der Waals surface area contributed by atoms with Gasteiger partial charge in [-0.2, -0.15) is 13.2 Å². The number of hydrogen-bond donors (Lipinski definition) is 2. The molecular formula is C37H41Cl2F3N6O4. The zero-order valence-electron chi connectivity index (χ0n) is 28.8. The molecule has 10 nitrogen and oxygen atoms in total. The molecule has 3 heterocycles. The molecule has 52 heavy (non-hydrogen) atoms. The van der Waals surface area contributed by atoms with Gasteiger partial charge in [0.15, 0.2) is 11.9 Å². The summed E-state index contributed by atoms with van der Waals surface area (Å²) in [6.07, 6.45) is -4.27. The normalized spacial score (nSPS) is 23.8. The molecule has 3 saturated heterocycles. The van der Waals surface area contributed by atoms with Crippen LogP contribution in [-0.2, 0) is 26.2 Å². The summed E-state index contributed by atoms with van der Waals surface area (Å²) in [6, 6.07) is 16.4. The van der Waals surface area contributed by atoms with E-state index in [9.17, 15) is 22.8 Å². The molecule has 3 unspecified atom stereocenters. The maximum atomic E-state index is 15.1. The number of ether oxygens (including phenoxy) is 1. The smallest absolute Gasteiger partial charge is 0.416 e. The predicted molar refractivity (Wildman–Crippen MR) is 191 cm³/mol. The predicted octanol–water partition coefficient (Wildman–Crippen LogP) is 5.07. The number of benzene rings is 3. The van der Waals surface area contributed by atoms with Crippen LogP contribution in [0.25, 0.3) is 0 Å². The number of piperazine rings is 2. The Balaban J connectivity index is 1.36. The summed E-state index contributed by atoms with van der Waals surface area (Å²) in [6.45, 7) is 6.67. The molecular weight excluding hydrogens is 720 g/mol. The van der Waals surface area contributed by atoms with Gasteiger partial charge in [-0.15, -0.1) is 0 Å². The van der Waals surface area contributed by atoms with Gasteiger partial charge >= 0.3 is 6.18 Å². The van der Waals surface area contributed by atoms with Gasteiger partial charge in [0.2, 0.25) is 5.91 Å². The van der Waals surface area contributed by atoms with Crippen LogP contribution in [0, 0.1) is 0 Å². The van der Waals surface area contributed by atoms with Crippen LogP contribution in [0.3, 0.4) is 0 Å². The molecule has 0 aliphatic carbocycles. The fourth-order valence-electron chi connectivity index (χ4n) is 7.38. The molecule has 3 fully saturated rings. The molecule has 3 aliphatic rings. The Morgan fingerprint density at radius 1 is 0.827 bits per heavy atom. The van der Waals surface area contributed by atoms with Gasteiger partial charge in [0.1, 0.15) is 11.9 Å². The van der Waals surface area contributed by atoms with Crippen LogP contribution in [-0.4, -0.2) is 103 Å². The second-order valence-corrected chi connectivity index (χ2v) is 14.0. The van der Waals surface area contributed by atoms with E-state index in [0.717, 1.165) is 29.5 Å². The molecule has 0 aromatic heterocycles. The van der Waals surface area contributed by atoms with Crippen molar-refractivity contribution < 1.29 is 32.3 Å². The first kappa shape index (κ1) is 38.0. The van der Waals surface area contributed by atoms with Crippen LogP contribution in [0.15, 0.2) is 66.7 Å². The Morgan fingerprint density at radius 3 is 1.73 bits per heavy atom. The number of nitrogens with zero attached hydrogens (tertiary/aromatic N) is 4. The molecule has 0 saturated carbocycles. The van der Waals surface area contributed by atoms with Crippen molar-refractivity contribution in [2.75, 3.05) is 59.0 Å². The van der Waals surface area contributed by atoms with E-state index in [2.05, 4.69) is 10.6 Å². The molecule has 0 radical (unpaired) electrons. The Morgan fingerprint density at radius 2 is 1.31 bits per heavy atom. The number of carbonyl (C=O) groups excluding carboxylic acids is 3. The lowest BCUT2D eigenvalue weighted by Crippen LogP contribution is -2.64. The molecule has 3 aromatic carbocycles. The van der Waals surface area contributed by atoms with E-state index in [1.807, 2.05) is 34.1 Å². The minimum absolute atomic E-state index is 0.00497. The van der Waals surface area contributed by atoms with Crippen molar-refractivity contribution in [3.63, 3.8) is 0 Å². The first-order chi connectivity index (χ1) is 24.8. The van der Waals surface area contributed by atoms with Crippen molar-refractivity contribution in [2.45, 2.75) is 43.9 Å². The molecule has 3 aliphatic heterocycles. The largest absolute Gasteiger partial charge is 0.493 e. The Kier molecular flexibility index (Phi) is 11.5. The first-order valence-corrected chi connectivity index (χ1v) is 18.0. The standard InChI is InChI=1S/C37H41Cl2F3N6O4/c1-3-52-31-22-27(37(40,41)42)8-13-30(31)36(43-33(25-4-9-28(38)10-5-25)34(44-36)26-6-11-29(39)12-7-26)35(51)48-20-18-47(19-21-48)32(23-49)46-16-14-45(15-17-46)24(2)50/h4-13,22-23,32-34,43-44H,3,14-21H2,1-2H3. The lowest BCUT2D eigenvalue weighted by atomic mass is 9.94. The summed E-state index contributed by atoms with van der Waals surface area (Å²) in [5.74, 6) is -0.489. The molecule has 3 aromatic rings. The minimum Gasteiger partial charge on any atom is -0.493 e. The van der Waals surface area contributed by atoms with Gasteiger partial charge in [-0.3, -0.25) is 30.0 Å². The van der Waals surface area contributed by atoms with Crippen molar-refractivity contribution in [2.24, 2.45) is 0 Å². The highest BCUT2D eigenvalue weighted by Gasteiger charge is 2.55. The topological polar surface area (TPSA) is 97.5 Å². The number of halogens is 5. The quantitative estimate of drug-likeness (QED) is 0.292. The van der Waals surface area contributed by atoms with E-state index in [1.54, 1.807) is 41.0 Å². The van der Waals surface area contributed by atoms with Gasteiger partial charge < -0.3 is 19.3 Å². The fraction of sp³-hybridized carbons (Fsp3) is 0.432. The van der Waals surface area contributed by atoms with Crippen LogP contribution in [0.1, 0.15) is 48.2 Å². The number of hydrogen-bond acceptors (Lipinski definition) is 8. The second kappa shape index (κ2) is 15.7. The molecule has 2 N–H and O–H groups in total. The number of nitrogens with one attached hydrogen (secondary N) is 2. The Bertz CT molecular complexity index is 1690. The lowest BCUT2D eigenvalue weighted by Gasteiger charge is -2.45. The maximum Gasteiger partial charge on any atom is 0.416 e. The van der Waals surface area contributed by atoms with Crippen molar-refractivity contribution in [3.8, 4) is 5.75 Å². The van der Waals surface area contributed by atoms with E-state index < -0.39 is 41.6 Å². The van der Waals surface area contributed by atoms with Crippen LogP contribution in [0.5, 0.6) is 5.75 Å². The highest BCUT2D eigenvalue weighted by Crippen LogP contribution is 2.46. The van der Waals surface area contributed by atoms with Gasteiger partial charge in [-0.05, 0) is 54.4 Å². The summed E-state index contributed by atoms with van der Waals surface area (Å²) in [5.41, 5.74) is -0.848. The summed E-state index contributed by atoms with van der Waals surface area (Å²) >= 11 is 12.5. The molecule has 2 amide bonds. The van der Waals surface area contributed by atoms with Crippen molar-refractivity contribution >= 4 is 41.3 Å². The van der Waals surface area contributed by atoms with Crippen LogP contribution in [0.2, 0.25) is 10.0 Å². The van der Waals surface area contributed by atoms with E-state index >= 15 is 4.79 Å². The third-order valence-electron chi connectivity index (χ3n) is 10.1. The molecule has 0 bridgehead atoms. The number of rotatable bonds is 9. The zero-order chi connectivity index (χ0) is 37.2. The number of carbonyl (C=O) groups is 3. The van der Waals surface area contributed by atoms with E-state index in [4.69, 9.17) is 27.9 Å². The van der Waals surface area contributed by atoms with Gasteiger partial charge in [-0.1, -0.05) is 53.5 Å². The molecule has 6 rings (SSSR count). The highest BCUT2D eigenvalue weighted by atomic mass is 35.5. The summed E-state index contributed by atoms with van der Waals surface area (Å²) < 4.78 is 47.8. The van der Waals surface area contributed by atoms with E-state index in [1.165, 1.54) is 13.0 Å². The first-order valence-electron chi connectivity index (χ1n) is 17.2. The average molecular weight is 762 g/mol. The molecule has 3 atom stereocenters. The minimum atomic E-state index is -4.64. The van der Waals surface area contributed by atoms with Crippen molar-refractivity contribution in [1.82, 2.24) is 30.2 Å². The second-order valence-electron chi connectivity index (χ2n) is 13.2. The third kappa shape index (κ3) is 7.80. The van der Waals surface area contributed by atoms with Gasteiger partial charge in [0, 0.05) is 74.9 Å². The average Bonchev–Trinajstić information content (AvgIpc) is 3.54. The highest BCUT2D eigenvalue weighted by molar-refractivity contribution is 6.30. The van der Waals surface area contributed by atoms with Crippen LogP contribution >= 0.6 is 23.2 Å². The number of amides is 2. The summed E-state index contributed by atoms with van der Waals surface area (Å²) in [4.78, 5) is 46.8. The number of alkyl halides is 3. The van der Waals surface area contributed by atoms with E-state index in [-0.39, 0.29) is 36.9 Å². The van der Waals surface area contributed by atoms with Gasteiger partial charge in [0.05, 0.1) is 24.3 Å². The van der Waals surface area contributed by atoms with Crippen molar-refractivity contribution in [1.29, 1.82) is 0 Å². The van der Waals surface area contributed by atoms with Gasteiger partial charge in [-0.25, -0.2) is 0 Å². The van der Waals surface area contributed by atoms with Crippen molar-refractivity contribution in [3.05, 3.63) is 99.0 Å². The molecule has 15 heteroatoms. The number of aldehydes is 1. The molecule has 0 spiro atoms. The van der Waals surface area contributed by atoms with Gasteiger partial charge in [0.25, 0.3) is 5.91 Å². The Labute approximate surface area is 310 Å². The van der Waals surface area contributed by atoms with Crippen LogP contribution < -0.4 is 15.4 Å². The summed E-state index contributed by atoms with van der Waals surface area (Å²) in [5, 5.41) is 8.11. The fourth-order valence-corrected chi connectivity index (χ4v) is 7.63. The maximum absolute atomic E-state index is 15.1. The third-order valence-corrected chi connectivity index (χ3v) is 10.6. The lowest BCUT2D eigenvalue weighted by molar-refractivity contribution is -0.143.